The molecule has 7 aromatic carbocycles. The topological polar surface area (TPSA) is 61.4 Å². The van der Waals surface area contributed by atoms with E-state index in [2.05, 4.69) is 149 Å². The molecule has 11 rings (SSSR count). The maximum Gasteiger partial charge on any atom is 0.180 e. The maximum absolute atomic E-state index is 4.94. The van der Waals surface area contributed by atoms with Crippen LogP contribution in [0.2, 0.25) is 0 Å². The Morgan fingerprint density at radius 3 is 1.23 bits per heavy atom. The molecule has 0 N–H and O–H groups in total. The van der Waals surface area contributed by atoms with Crippen LogP contribution in [0, 0.1) is 0 Å². The Morgan fingerprint density at radius 1 is 0.304 bits per heavy atom. The molecule has 0 saturated heterocycles. The van der Waals surface area contributed by atoms with Crippen LogP contribution in [0.3, 0.4) is 0 Å². The first-order chi connectivity index (χ1) is 27.8. The van der Waals surface area contributed by atoms with Crippen molar-refractivity contribution >= 4 is 43.6 Å². The quantitative estimate of drug-likeness (QED) is 0.172. The lowest BCUT2D eigenvalue weighted by molar-refractivity contribution is 1.12. The van der Waals surface area contributed by atoms with E-state index in [1.54, 1.807) is 6.20 Å². The minimum absolute atomic E-state index is 0.534. The van der Waals surface area contributed by atoms with Crippen LogP contribution in [0.15, 0.2) is 194 Å². The van der Waals surface area contributed by atoms with Gasteiger partial charge in [0.05, 0.1) is 51.5 Å². The van der Waals surface area contributed by atoms with E-state index < -0.39 is 0 Å². The summed E-state index contributed by atoms with van der Waals surface area (Å²) < 4.78 is 4.70. The molecule has 0 spiro atoms. The van der Waals surface area contributed by atoms with E-state index in [0.717, 1.165) is 61.6 Å². The number of hydrogen-bond acceptors (Lipinski definition) is 4. The molecule has 4 aromatic heterocycles. The molecule has 0 aliphatic carbocycles. The van der Waals surface area contributed by atoms with E-state index in [-0.39, 0.29) is 0 Å². The number of hydrogen-bond donors (Lipinski definition) is 0. The van der Waals surface area contributed by atoms with Crippen LogP contribution in [0.1, 0.15) is 0 Å². The van der Waals surface area contributed by atoms with Gasteiger partial charge in [0.25, 0.3) is 0 Å². The van der Waals surface area contributed by atoms with Crippen molar-refractivity contribution < 1.29 is 0 Å². The molecule has 6 nitrogen and oxygen atoms in total. The van der Waals surface area contributed by atoms with Gasteiger partial charge in [-0.2, -0.15) is 0 Å². The SMILES string of the molecule is c1ccc(-c2cc(-c3ccccc3)nc(-c3cnc(-c4ccc5c(c4)c4ccccc4n5-c4ccc(-n5c6ccccc6c6ccccc65)cc4)cn3)n2)cc1. The molecule has 0 aliphatic heterocycles. The van der Waals surface area contributed by atoms with Crippen molar-refractivity contribution in [1.82, 2.24) is 29.1 Å². The Labute approximate surface area is 322 Å². The molecule has 4 heterocycles. The van der Waals surface area contributed by atoms with Crippen molar-refractivity contribution in [2.75, 3.05) is 0 Å². The normalized spacial score (nSPS) is 11.6. The second-order valence-electron chi connectivity index (χ2n) is 14.0. The lowest BCUT2D eigenvalue weighted by Crippen LogP contribution is -1.98. The van der Waals surface area contributed by atoms with Gasteiger partial charge in [0.15, 0.2) is 5.82 Å². The predicted octanol–water partition coefficient (Wildman–Crippen LogP) is 12.1. The van der Waals surface area contributed by atoms with E-state index in [0.29, 0.717) is 11.5 Å². The summed E-state index contributed by atoms with van der Waals surface area (Å²) in [6, 6.07) is 63.7. The van der Waals surface area contributed by atoms with Crippen molar-refractivity contribution in [2.24, 2.45) is 0 Å². The van der Waals surface area contributed by atoms with Gasteiger partial charge in [-0.15, -0.1) is 0 Å². The van der Waals surface area contributed by atoms with Gasteiger partial charge in [0.1, 0.15) is 5.69 Å². The fourth-order valence-corrected chi connectivity index (χ4v) is 8.03. The number of nitrogens with zero attached hydrogens (tertiary/aromatic N) is 6. The van der Waals surface area contributed by atoms with Gasteiger partial charge >= 0.3 is 0 Å². The summed E-state index contributed by atoms with van der Waals surface area (Å²) >= 11 is 0. The largest absolute Gasteiger partial charge is 0.309 e. The predicted molar refractivity (Wildman–Crippen MR) is 228 cm³/mol. The summed E-state index contributed by atoms with van der Waals surface area (Å²) in [4.78, 5) is 19.6. The molecular formula is C50H32N6. The van der Waals surface area contributed by atoms with E-state index in [1.807, 2.05) is 48.7 Å². The summed E-state index contributed by atoms with van der Waals surface area (Å²) in [6.45, 7) is 0. The molecule has 262 valence electrons. The molecule has 0 atom stereocenters. The first kappa shape index (κ1) is 31.8. The summed E-state index contributed by atoms with van der Waals surface area (Å²) in [7, 11) is 0. The Hall–Kier alpha value is -7.70. The first-order valence-corrected chi connectivity index (χ1v) is 18.7. The van der Waals surface area contributed by atoms with Gasteiger partial charge < -0.3 is 9.13 Å². The molecule has 11 aromatic rings. The van der Waals surface area contributed by atoms with Crippen molar-refractivity contribution in [2.45, 2.75) is 0 Å². The Kier molecular flexibility index (Phi) is 7.38. The van der Waals surface area contributed by atoms with E-state index in [4.69, 9.17) is 19.9 Å². The maximum atomic E-state index is 4.94. The average Bonchev–Trinajstić information content (AvgIpc) is 3.80. The van der Waals surface area contributed by atoms with Crippen molar-refractivity contribution in [1.29, 1.82) is 0 Å². The Bertz CT molecular complexity index is 3110. The third-order valence-electron chi connectivity index (χ3n) is 10.7. The standard InChI is InChI=1S/C50H32N6/c1-3-13-33(14-4-1)42-30-43(34-15-5-2-6-16-34)54-50(53-42)45-32-51-44(31-52-45)35-23-28-49-41(29-35)40-19-9-12-22-48(40)56(49)37-26-24-36(25-27-37)55-46-20-10-7-17-38(46)39-18-8-11-21-47(39)55/h1-32H. The van der Waals surface area contributed by atoms with E-state index in [9.17, 15) is 0 Å². The highest BCUT2D eigenvalue weighted by atomic mass is 15.0. The smallest absolute Gasteiger partial charge is 0.180 e. The number of fused-ring (bicyclic) bond motifs is 6. The van der Waals surface area contributed by atoms with Crippen LogP contribution in [-0.2, 0) is 0 Å². The lowest BCUT2D eigenvalue weighted by Gasteiger charge is -2.12. The molecule has 0 aliphatic rings. The van der Waals surface area contributed by atoms with Crippen LogP contribution < -0.4 is 0 Å². The second-order valence-corrected chi connectivity index (χ2v) is 14.0. The highest BCUT2D eigenvalue weighted by molar-refractivity contribution is 6.11. The van der Waals surface area contributed by atoms with Gasteiger partial charge in [-0.25, -0.2) is 15.0 Å². The van der Waals surface area contributed by atoms with Gasteiger partial charge in [-0.3, -0.25) is 4.98 Å². The molecule has 56 heavy (non-hydrogen) atoms. The van der Waals surface area contributed by atoms with E-state index >= 15 is 0 Å². The minimum Gasteiger partial charge on any atom is -0.309 e. The van der Waals surface area contributed by atoms with Gasteiger partial charge in [-0.05, 0) is 60.7 Å². The highest BCUT2D eigenvalue weighted by Crippen LogP contribution is 2.36. The minimum atomic E-state index is 0.534. The van der Waals surface area contributed by atoms with Crippen LogP contribution in [-0.4, -0.2) is 29.1 Å². The summed E-state index contributed by atoms with van der Waals surface area (Å²) in [5, 5.41) is 4.85. The summed E-state index contributed by atoms with van der Waals surface area (Å²) in [6.07, 6.45) is 3.60. The average molecular weight is 717 g/mol. The number of para-hydroxylation sites is 3. The van der Waals surface area contributed by atoms with Crippen molar-refractivity contribution in [3.8, 4) is 56.7 Å². The summed E-state index contributed by atoms with van der Waals surface area (Å²) in [5.74, 6) is 0.534. The molecule has 0 bridgehead atoms. The molecular weight excluding hydrogens is 685 g/mol. The molecule has 0 saturated carbocycles. The van der Waals surface area contributed by atoms with Gasteiger partial charge in [0, 0.05) is 49.6 Å². The van der Waals surface area contributed by atoms with Crippen LogP contribution in [0.4, 0.5) is 0 Å². The van der Waals surface area contributed by atoms with Crippen LogP contribution in [0.5, 0.6) is 0 Å². The highest BCUT2D eigenvalue weighted by Gasteiger charge is 2.17. The molecule has 6 heteroatoms. The second kappa shape index (κ2) is 13.0. The molecule has 0 radical (unpaired) electrons. The number of aromatic nitrogens is 6. The fourth-order valence-electron chi connectivity index (χ4n) is 8.03. The third kappa shape index (κ3) is 5.27. The van der Waals surface area contributed by atoms with Gasteiger partial charge in [-0.1, -0.05) is 121 Å². The number of rotatable bonds is 6. The van der Waals surface area contributed by atoms with Crippen molar-refractivity contribution in [3.63, 3.8) is 0 Å². The molecule has 0 fully saturated rings. The lowest BCUT2D eigenvalue weighted by atomic mass is 10.1. The van der Waals surface area contributed by atoms with Gasteiger partial charge in [0.2, 0.25) is 0 Å². The third-order valence-corrected chi connectivity index (χ3v) is 10.7. The van der Waals surface area contributed by atoms with Crippen LogP contribution >= 0.6 is 0 Å². The van der Waals surface area contributed by atoms with Crippen LogP contribution in [0.25, 0.3) is 100 Å². The zero-order valence-corrected chi connectivity index (χ0v) is 30.2. The zero-order chi connectivity index (χ0) is 37.0. The first-order valence-electron chi connectivity index (χ1n) is 18.7. The summed E-state index contributed by atoms with van der Waals surface area (Å²) in [5.41, 5.74) is 13.0. The van der Waals surface area contributed by atoms with Crippen molar-refractivity contribution in [3.05, 3.63) is 194 Å². The Morgan fingerprint density at radius 2 is 0.732 bits per heavy atom. The zero-order valence-electron chi connectivity index (χ0n) is 30.2. The Balaban J connectivity index is 0.967. The molecule has 0 amide bonds. The fraction of sp³-hybridized carbons (Fsp3) is 0. The monoisotopic (exact) mass is 716 g/mol. The van der Waals surface area contributed by atoms with E-state index in [1.165, 1.54) is 27.2 Å². The number of benzene rings is 7. The molecule has 0 unspecified atom stereocenters.